The van der Waals surface area contributed by atoms with Crippen molar-refractivity contribution in [2.45, 2.75) is 117 Å². The van der Waals surface area contributed by atoms with Gasteiger partial charge in [0.05, 0.1) is 28.2 Å². The van der Waals surface area contributed by atoms with Crippen molar-refractivity contribution in [3.05, 3.63) is 328 Å². The van der Waals surface area contributed by atoms with Crippen molar-refractivity contribution in [1.82, 2.24) is 0 Å². The van der Waals surface area contributed by atoms with Gasteiger partial charge >= 0.3 is 0 Å². The summed E-state index contributed by atoms with van der Waals surface area (Å²) in [5.74, 6) is 0. The number of hydrogen-bond donors (Lipinski definition) is 0. The van der Waals surface area contributed by atoms with E-state index in [1.807, 2.05) is 0 Å². The molecule has 0 saturated carbocycles. The van der Waals surface area contributed by atoms with Crippen LogP contribution in [0.2, 0.25) is 0 Å². The van der Waals surface area contributed by atoms with Crippen molar-refractivity contribution in [2.75, 3.05) is 9.80 Å². The van der Waals surface area contributed by atoms with E-state index in [1.165, 1.54) is 106 Å². The van der Waals surface area contributed by atoms with Crippen molar-refractivity contribution < 1.29 is 8.83 Å². The highest BCUT2D eigenvalue weighted by molar-refractivity contribution is 6.23. The fraction of sp³-hybridized carbons (Fsp3) is 0.224. The van der Waals surface area contributed by atoms with Crippen molar-refractivity contribution >= 4 is 72.3 Å². The van der Waals surface area contributed by atoms with Gasteiger partial charge in [-0.1, -0.05) is 277 Å². The zero-order chi connectivity index (χ0) is 69.3. The van der Waals surface area contributed by atoms with Gasteiger partial charge in [0.1, 0.15) is 11.2 Å². The first-order valence-corrected chi connectivity index (χ1v) is 37.0. The van der Waals surface area contributed by atoms with Gasteiger partial charge in [-0.2, -0.15) is 0 Å². The molecule has 12 aromatic carbocycles. The first-order valence-electron chi connectivity index (χ1n) is 37.0. The zero-order valence-corrected chi connectivity index (χ0v) is 60.3. The Morgan fingerprint density at radius 3 is 1.25 bits per heavy atom. The summed E-state index contributed by atoms with van der Waals surface area (Å²) in [5, 5.41) is 4.48. The van der Waals surface area contributed by atoms with E-state index in [0.717, 1.165) is 78.7 Å². The van der Waals surface area contributed by atoms with Crippen molar-refractivity contribution in [3.63, 3.8) is 0 Å². The van der Waals surface area contributed by atoms with Crippen LogP contribution in [0, 0.1) is 21.7 Å². The number of hydrogen-bond acceptors (Lipinski definition) is 4. The largest absolute Gasteiger partial charge is 0.454 e. The molecule has 0 aliphatic heterocycles. The minimum absolute atomic E-state index is 0.0152. The number of benzene rings is 12. The molecule has 0 radical (unpaired) electrons. The summed E-state index contributed by atoms with van der Waals surface area (Å²) >= 11 is 0. The van der Waals surface area contributed by atoms with Gasteiger partial charge in [-0.05, 0) is 217 Å². The van der Waals surface area contributed by atoms with Crippen LogP contribution in [0.25, 0.3) is 88.4 Å². The molecule has 7 aliphatic carbocycles. The summed E-state index contributed by atoms with van der Waals surface area (Å²) in [6.45, 7) is 29.7. The molecule has 4 heteroatoms. The zero-order valence-electron chi connectivity index (χ0n) is 60.3. The van der Waals surface area contributed by atoms with Crippen LogP contribution in [-0.2, 0) is 21.7 Å². The lowest BCUT2D eigenvalue weighted by atomic mass is 9.58. The molecular formula is C98H82N2O2. The molecule has 0 amide bonds. The Bertz CT molecular complexity index is 6040. The number of nitrogens with zero attached hydrogens (tertiary/aromatic N) is 2. The number of anilines is 5. The molecule has 102 heavy (non-hydrogen) atoms. The van der Waals surface area contributed by atoms with Gasteiger partial charge in [-0.3, -0.25) is 0 Å². The number of fused-ring (bicyclic) bond motifs is 29. The Labute approximate surface area is 598 Å². The second-order valence-corrected chi connectivity index (χ2v) is 33.7. The fourth-order valence-corrected chi connectivity index (χ4v) is 21.7. The summed E-state index contributed by atoms with van der Waals surface area (Å²) in [6, 6.07) is 95.2. The van der Waals surface area contributed by atoms with Crippen LogP contribution in [0.1, 0.15) is 145 Å². The Morgan fingerprint density at radius 1 is 0.324 bits per heavy atom. The lowest BCUT2D eigenvalue weighted by Gasteiger charge is -2.46. The molecule has 0 N–H and O–H groups in total. The van der Waals surface area contributed by atoms with E-state index in [4.69, 9.17) is 8.83 Å². The molecule has 0 bridgehead atoms. The third-order valence-corrected chi connectivity index (χ3v) is 28.9. The second-order valence-electron chi connectivity index (χ2n) is 33.7. The Kier molecular flexibility index (Phi) is 11.6. The van der Waals surface area contributed by atoms with Crippen LogP contribution >= 0.6 is 0 Å². The third kappa shape index (κ3) is 6.92. The predicted molar refractivity (Wildman–Crippen MR) is 423 cm³/mol. The fourth-order valence-electron chi connectivity index (χ4n) is 21.7. The Morgan fingerprint density at radius 2 is 0.745 bits per heavy atom. The molecular weight excluding hydrogens is 1240 g/mol. The van der Waals surface area contributed by atoms with Crippen molar-refractivity contribution in [1.29, 1.82) is 0 Å². The SMILES string of the molecule is CC1(C)C2=C(CC(N(c3ccccc3)c3cc4c(c5c3oc3ccccc35)-c3cc5c(cc3C43c4ccccc4-c4ccccc43)-c3c(cc(N(c4ccccc4)c4ccc6c(c4)C(C)(C)C(C)(C)C6(C)C)c4oc6ccccc6c34)C53c4ccccc4-c4ccccc43)C=C2)C(C)(C)C1(C)C. The standard InChI is InChI=1S/C98H82N2O2/c1-91(2)73-49-47-59(51-77(73)93(5,6)95(91,9)10)99(57-31-15-13-16-32-57)81-55-79-85(87-65-39-23-29-45-83(65)101-89(81)87)67-53-76-68(54-75(67)97(79)69-41-25-19-35-61(69)62-36-20-26-42-70(62)97)86-80(98(76)71-43-27-21-37-63(71)64-38-22-28-44-72(64)98)56-82(90-88(86)66-40-24-30-46-84(66)102-90)100(58-33-17-14-18-34-58)60-48-50-74-78(52-60)94(7,8)96(11,12)92(74,3)4/h13-51,53-56,60H,52H2,1-12H3. The topological polar surface area (TPSA) is 32.8 Å². The Hall–Kier alpha value is -10.7. The van der Waals surface area contributed by atoms with Gasteiger partial charge < -0.3 is 18.6 Å². The quantitative estimate of drug-likeness (QED) is 0.166. The van der Waals surface area contributed by atoms with Crippen LogP contribution < -0.4 is 9.80 Å². The van der Waals surface area contributed by atoms with E-state index in [9.17, 15) is 0 Å². The van der Waals surface area contributed by atoms with Gasteiger partial charge in [0.15, 0.2) is 11.2 Å². The summed E-state index contributed by atoms with van der Waals surface area (Å²) < 4.78 is 15.3. The van der Waals surface area contributed by atoms with Gasteiger partial charge in [-0.25, -0.2) is 0 Å². The molecule has 21 rings (SSSR count). The maximum atomic E-state index is 7.68. The molecule has 0 saturated heterocycles. The summed E-state index contributed by atoms with van der Waals surface area (Å²) in [6.07, 6.45) is 5.91. The van der Waals surface area contributed by atoms with E-state index in [2.05, 4.69) is 354 Å². The third-order valence-electron chi connectivity index (χ3n) is 28.9. The van der Waals surface area contributed by atoms with Crippen molar-refractivity contribution in [2.24, 2.45) is 21.7 Å². The minimum atomic E-state index is -0.800. The lowest BCUT2D eigenvalue weighted by Crippen LogP contribution is -2.42. The lowest BCUT2D eigenvalue weighted by molar-refractivity contribution is 0.0620. The summed E-state index contributed by atoms with van der Waals surface area (Å²) in [4.78, 5) is 5.18. The predicted octanol–water partition coefficient (Wildman–Crippen LogP) is 26.1. The molecule has 0 fully saturated rings. The van der Waals surface area contributed by atoms with E-state index in [1.54, 1.807) is 5.57 Å². The summed E-state index contributed by atoms with van der Waals surface area (Å²) in [7, 11) is 0. The first kappa shape index (κ1) is 60.1. The summed E-state index contributed by atoms with van der Waals surface area (Å²) in [5.41, 5.74) is 33.0. The molecule has 7 aliphatic rings. The van der Waals surface area contributed by atoms with Crippen LogP contribution in [0.15, 0.2) is 281 Å². The highest BCUT2D eigenvalue weighted by atomic mass is 16.3. The number of furan rings is 2. The van der Waals surface area contributed by atoms with Gasteiger partial charge in [0.25, 0.3) is 0 Å². The highest BCUT2D eigenvalue weighted by Crippen LogP contribution is 2.73. The monoisotopic (exact) mass is 1320 g/mol. The minimum Gasteiger partial charge on any atom is -0.454 e. The first-order chi connectivity index (χ1) is 49.2. The van der Waals surface area contributed by atoms with Crippen LogP contribution in [0.3, 0.4) is 0 Å². The molecule has 496 valence electrons. The molecule has 1 atom stereocenters. The van der Waals surface area contributed by atoms with Crippen LogP contribution in [0.4, 0.5) is 28.4 Å². The van der Waals surface area contributed by atoms with Gasteiger partial charge in [0.2, 0.25) is 0 Å². The smallest absolute Gasteiger partial charge is 0.160 e. The maximum Gasteiger partial charge on any atom is 0.160 e. The van der Waals surface area contributed by atoms with E-state index < -0.39 is 10.8 Å². The highest BCUT2D eigenvalue weighted by Gasteiger charge is 2.61. The van der Waals surface area contributed by atoms with E-state index in [0.29, 0.717) is 0 Å². The van der Waals surface area contributed by atoms with E-state index >= 15 is 0 Å². The molecule has 4 nitrogen and oxygen atoms in total. The number of para-hydroxylation sites is 4. The van der Waals surface area contributed by atoms with Crippen molar-refractivity contribution in [3.8, 4) is 44.5 Å². The second kappa shape index (κ2) is 19.7. The average molecular weight is 1320 g/mol. The van der Waals surface area contributed by atoms with Gasteiger partial charge in [0, 0.05) is 38.6 Å². The van der Waals surface area contributed by atoms with Crippen LogP contribution in [-0.4, -0.2) is 6.04 Å². The molecule has 2 aromatic heterocycles. The molecule has 2 heterocycles. The average Bonchev–Trinajstić information content (AvgIpc) is 1.48. The van der Waals surface area contributed by atoms with Crippen LogP contribution in [0.5, 0.6) is 0 Å². The normalized spacial score (nSPS) is 19.4. The maximum absolute atomic E-state index is 7.68. The molecule has 14 aromatic rings. The molecule has 2 spiro atoms. The number of allylic oxidation sites excluding steroid dienone is 2. The van der Waals surface area contributed by atoms with Gasteiger partial charge in [-0.15, -0.1) is 0 Å². The Balaban J connectivity index is 0.907. The molecule has 1 unspecified atom stereocenters. The van der Waals surface area contributed by atoms with E-state index in [-0.39, 0.29) is 38.5 Å². The number of rotatable bonds is 6.